The maximum Gasteiger partial charge on any atom is 0.334 e. The molecule has 1 aromatic heterocycles. The number of thioether (sulfide) groups is 1. The summed E-state index contributed by atoms with van der Waals surface area (Å²) >= 11 is 1.13. The lowest BCUT2D eigenvalue weighted by molar-refractivity contribution is -0.117. The normalized spacial score (nSPS) is 16.6. The number of carbonyl (C=O) groups is 1. The number of nitrogens with zero attached hydrogens (tertiary/aromatic N) is 4. The number of carbonyl (C=O) groups excluding carboxylic acids is 1. The molecule has 214 valence electrons. The second-order valence-electron chi connectivity index (χ2n) is 11.5. The molecule has 40 heavy (non-hydrogen) atoms. The number of amides is 1. The molecule has 1 aromatic carbocycles. The van der Waals surface area contributed by atoms with E-state index < -0.39 is 31.0 Å². The largest absolute Gasteiger partial charge is 0.368 e. The van der Waals surface area contributed by atoms with Crippen LogP contribution < -0.4 is 10.6 Å². The molecule has 0 spiro atoms. The Hall–Kier alpha value is -2.72. The summed E-state index contributed by atoms with van der Waals surface area (Å²) in [4.78, 5) is 19.3. The van der Waals surface area contributed by atoms with Crippen molar-refractivity contribution in [3.05, 3.63) is 52.6 Å². The van der Waals surface area contributed by atoms with Crippen molar-refractivity contribution in [3.63, 3.8) is 0 Å². The van der Waals surface area contributed by atoms with Crippen LogP contribution in [0.4, 0.5) is 5.82 Å². The van der Waals surface area contributed by atoms with Crippen LogP contribution in [-0.2, 0) is 24.8 Å². The number of aromatic nitrogens is 1. The van der Waals surface area contributed by atoms with Crippen molar-refractivity contribution in [2.45, 2.75) is 88.9 Å². The highest BCUT2D eigenvalue weighted by atomic mass is 32.2. The summed E-state index contributed by atoms with van der Waals surface area (Å²) in [6.07, 6.45) is 0.938. The van der Waals surface area contributed by atoms with E-state index in [-0.39, 0.29) is 6.10 Å². The molecule has 1 fully saturated rings. The third-order valence-corrected chi connectivity index (χ3v) is 8.92. The summed E-state index contributed by atoms with van der Waals surface area (Å²) in [5.74, 6) is -0.0624. The van der Waals surface area contributed by atoms with Gasteiger partial charge in [-0.05, 0) is 65.5 Å². The van der Waals surface area contributed by atoms with Gasteiger partial charge in [0.05, 0.1) is 28.4 Å². The maximum absolute atomic E-state index is 12.5. The fraction of sp³-hybridized carbons (Fsp3) is 0.517. The van der Waals surface area contributed by atoms with Gasteiger partial charge < -0.3 is 24.2 Å². The highest BCUT2D eigenvalue weighted by molar-refractivity contribution is 8.00. The van der Waals surface area contributed by atoms with E-state index in [1.165, 1.54) is 0 Å². The summed E-state index contributed by atoms with van der Waals surface area (Å²) in [5, 5.41) is 19.8. The zero-order valence-corrected chi connectivity index (χ0v) is 25.9. The van der Waals surface area contributed by atoms with Crippen LogP contribution in [0.1, 0.15) is 82.4 Å². The molecule has 11 heteroatoms. The number of primary amides is 1. The van der Waals surface area contributed by atoms with E-state index in [2.05, 4.69) is 12.1 Å². The number of hydrogen-bond donors (Lipinski definition) is 1. The number of pyridine rings is 1. The van der Waals surface area contributed by atoms with Gasteiger partial charge in [0.25, 0.3) is 0 Å². The SMILES string of the molecule is CCc1c(C#N)c(S[C@@H](C(N)=O)c2ccccc2)nc(N2CCC(OP(OC(C)(C)C)OC(C)(C)C)C2)c1C#N. The van der Waals surface area contributed by atoms with Crippen molar-refractivity contribution < 1.29 is 18.4 Å². The predicted octanol–water partition coefficient (Wildman–Crippen LogP) is 6.16. The topological polar surface area (TPSA) is 134 Å². The first-order chi connectivity index (χ1) is 18.8. The molecule has 2 heterocycles. The van der Waals surface area contributed by atoms with Crippen molar-refractivity contribution in [2.24, 2.45) is 5.73 Å². The minimum Gasteiger partial charge on any atom is -0.368 e. The summed E-state index contributed by atoms with van der Waals surface area (Å²) in [5.41, 5.74) is 6.85. The molecule has 1 aliphatic heterocycles. The fourth-order valence-electron chi connectivity index (χ4n) is 4.16. The molecule has 0 radical (unpaired) electrons. The maximum atomic E-state index is 12.5. The number of anilines is 1. The van der Waals surface area contributed by atoms with Crippen molar-refractivity contribution in [2.75, 3.05) is 18.0 Å². The molecular formula is C29H38N5O4PS. The molecule has 1 amide bonds. The van der Waals surface area contributed by atoms with Gasteiger partial charge in [-0.15, -0.1) is 0 Å². The Kier molecular flexibility index (Phi) is 10.6. The first kappa shape index (κ1) is 31.8. The minimum atomic E-state index is -1.63. The van der Waals surface area contributed by atoms with Crippen LogP contribution in [0.3, 0.4) is 0 Å². The fourth-order valence-corrected chi connectivity index (χ4v) is 6.66. The molecule has 0 aliphatic carbocycles. The highest BCUT2D eigenvalue weighted by Gasteiger charge is 2.35. The van der Waals surface area contributed by atoms with Crippen molar-refractivity contribution in [1.82, 2.24) is 4.98 Å². The third-order valence-electron chi connectivity index (χ3n) is 5.79. The predicted molar refractivity (Wildman–Crippen MR) is 158 cm³/mol. The smallest absolute Gasteiger partial charge is 0.334 e. The van der Waals surface area contributed by atoms with Crippen LogP contribution in [0.25, 0.3) is 0 Å². The van der Waals surface area contributed by atoms with E-state index in [9.17, 15) is 15.3 Å². The van der Waals surface area contributed by atoms with Gasteiger partial charge in [-0.1, -0.05) is 49.0 Å². The zero-order valence-electron chi connectivity index (χ0n) is 24.2. The third kappa shape index (κ3) is 8.39. The van der Waals surface area contributed by atoms with Crippen LogP contribution in [-0.4, -0.2) is 41.3 Å². The van der Waals surface area contributed by atoms with Crippen LogP contribution in [0.5, 0.6) is 0 Å². The van der Waals surface area contributed by atoms with Crippen LogP contribution in [0.15, 0.2) is 35.4 Å². The molecule has 9 nitrogen and oxygen atoms in total. The van der Waals surface area contributed by atoms with Gasteiger partial charge in [0.1, 0.15) is 28.2 Å². The lowest BCUT2D eigenvalue weighted by Gasteiger charge is -2.31. The van der Waals surface area contributed by atoms with Gasteiger partial charge >= 0.3 is 8.60 Å². The Morgan fingerprint density at radius 3 is 2.23 bits per heavy atom. The highest BCUT2D eigenvalue weighted by Crippen LogP contribution is 2.49. The second kappa shape index (κ2) is 13.3. The van der Waals surface area contributed by atoms with Crippen LogP contribution in [0, 0.1) is 22.7 Å². The molecule has 2 N–H and O–H groups in total. The Bertz CT molecular complexity index is 1270. The van der Waals surface area contributed by atoms with Gasteiger partial charge in [-0.25, -0.2) is 4.98 Å². The average molecular weight is 584 g/mol. The van der Waals surface area contributed by atoms with Crippen LogP contribution >= 0.6 is 20.4 Å². The van der Waals surface area contributed by atoms with E-state index in [0.29, 0.717) is 53.5 Å². The van der Waals surface area contributed by atoms with Gasteiger partial charge in [-0.3, -0.25) is 4.79 Å². The number of rotatable bonds is 10. The number of nitrogens with two attached hydrogens (primary N) is 1. The Labute approximate surface area is 243 Å². The molecule has 1 aliphatic rings. The lowest BCUT2D eigenvalue weighted by Crippen LogP contribution is -2.27. The van der Waals surface area contributed by atoms with E-state index in [1.54, 1.807) is 0 Å². The summed E-state index contributed by atoms with van der Waals surface area (Å²) in [6.45, 7) is 14.7. The molecule has 1 saturated heterocycles. The van der Waals surface area contributed by atoms with E-state index in [1.807, 2.05) is 83.7 Å². The van der Waals surface area contributed by atoms with E-state index >= 15 is 0 Å². The van der Waals surface area contributed by atoms with Crippen molar-refractivity contribution >= 4 is 32.1 Å². The monoisotopic (exact) mass is 583 g/mol. The Balaban J connectivity index is 1.95. The van der Waals surface area contributed by atoms with Crippen LogP contribution in [0.2, 0.25) is 0 Å². The average Bonchev–Trinajstić information content (AvgIpc) is 3.32. The minimum absolute atomic E-state index is 0.205. The first-order valence-electron chi connectivity index (χ1n) is 13.2. The quantitative estimate of drug-likeness (QED) is 0.258. The van der Waals surface area contributed by atoms with Gasteiger partial charge in [0.15, 0.2) is 0 Å². The van der Waals surface area contributed by atoms with E-state index in [4.69, 9.17) is 24.3 Å². The van der Waals surface area contributed by atoms with E-state index in [0.717, 1.165) is 17.3 Å². The summed E-state index contributed by atoms with van der Waals surface area (Å²) in [6, 6.07) is 13.7. The molecule has 1 unspecified atom stereocenters. The standard InChI is InChI=1S/C29H38N5O4PS/c1-8-21-22(16-30)26(33-27(23(21)17-31)40-24(25(32)35)19-12-10-9-11-13-19)34-15-14-20(18-34)36-39(37-28(2,3)4)38-29(5,6)7/h9-13,20,24H,8,14-15,18H2,1-7H3,(H2,32,35)/t20?,24-/m1/s1. The molecule has 2 aromatic rings. The Morgan fingerprint density at radius 2 is 1.73 bits per heavy atom. The molecule has 0 saturated carbocycles. The van der Waals surface area contributed by atoms with Gasteiger partial charge in [-0.2, -0.15) is 10.5 Å². The zero-order chi connectivity index (χ0) is 29.7. The van der Waals surface area contributed by atoms with Crippen molar-refractivity contribution in [3.8, 4) is 12.1 Å². The molecule has 0 bridgehead atoms. The summed E-state index contributed by atoms with van der Waals surface area (Å²) < 4.78 is 18.5. The molecular weight excluding hydrogens is 545 g/mol. The second-order valence-corrected chi connectivity index (χ2v) is 13.6. The van der Waals surface area contributed by atoms with Gasteiger partial charge in [0.2, 0.25) is 5.91 Å². The number of hydrogen-bond acceptors (Lipinski definition) is 9. The number of nitriles is 2. The molecule has 2 atom stereocenters. The Morgan fingerprint density at radius 1 is 1.12 bits per heavy atom. The summed E-state index contributed by atoms with van der Waals surface area (Å²) in [7, 11) is -1.63. The van der Waals surface area contributed by atoms with Gasteiger partial charge in [0, 0.05) is 13.1 Å². The number of benzene rings is 1. The molecule has 3 rings (SSSR count). The van der Waals surface area contributed by atoms with Crippen molar-refractivity contribution in [1.29, 1.82) is 10.5 Å². The lowest BCUT2D eigenvalue weighted by atomic mass is 10.0. The first-order valence-corrected chi connectivity index (χ1v) is 15.2.